The van der Waals surface area contributed by atoms with Gasteiger partial charge >= 0.3 is 11.7 Å². The molecule has 1 aromatic heterocycles. The second kappa shape index (κ2) is 5.29. The Balaban J connectivity index is 1.97. The summed E-state index contributed by atoms with van der Waals surface area (Å²) in [6.45, 7) is 0. The summed E-state index contributed by atoms with van der Waals surface area (Å²) in [6, 6.07) is 9.25. The van der Waals surface area contributed by atoms with Crippen LogP contribution in [0.25, 0.3) is 11.1 Å². The Hall–Kier alpha value is -3.07. The first-order valence-electron chi connectivity index (χ1n) is 6.34. The molecule has 0 aliphatic carbocycles. The van der Waals surface area contributed by atoms with Crippen LogP contribution in [-0.2, 0) is 10.0 Å². The molecule has 1 heterocycles. The lowest BCUT2D eigenvalue weighted by Crippen LogP contribution is -2.13. The fourth-order valence-electron chi connectivity index (χ4n) is 2.03. The summed E-state index contributed by atoms with van der Waals surface area (Å²) in [4.78, 5) is 24.3. The van der Waals surface area contributed by atoms with Gasteiger partial charge in [0.15, 0.2) is 5.58 Å². The summed E-state index contributed by atoms with van der Waals surface area (Å²) in [5, 5.41) is 8.93. The molecular formula is C14H10N2O6S. The number of aromatic nitrogens is 1. The van der Waals surface area contributed by atoms with Crippen LogP contribution in [0.2, 0.25) is 0 Å². The van der Waals surface area contributed by atoms with Crippen LogP contribution >= 0.6 is 0 Å². The molecule has 0 aliphatic heterocycles. The molecule has 0 amide bonds. The number of rotatable bonds is 4. The molecule has 2 aromatic carbocycles. The van der Waals surface area contributed by atoms with Gasteiger partial charge < -0.3 is 9.52 Å². The van der Waals surface area contributed by atoms with Crippen molar-refractivity contribution >= 4 is 32.8 Å². The number of hydrogen-bond donors (Lipinski definition) is 3. The first kappa shape index (κ1) is 14.9. The average Bonchev–Trinajstić information content (AvgIpc) is 2.86. The van der Waals surface area contributed by atoms with Crippen LogP contribution in [0.4, 0.5) is 5.69 Å². The second-order valence-electron chi connectivity index (χ2n) is 4.66. The summed E-state index contributed by atoms with van der Waals surface area (Å²) in [5.74, 6) is -1.87. The van der Waals surface area contributed by atoms with Crippen molar-refractivity contribution in [2.45, 2.75) is 4.90 Å². The van der Waals surface area contributed by atoms with Crippen molar-refractivity contribution < 1.29 is 22.7 Å². The molecule has 0 bridgehead atoms. The van der Waals surface area contributed by atoms with Crippen LogP contribution in [0.5, 0.6) is 0 Å². The highest BCUT2D eigenvalue weighted by molar-refractivity contribution is 7.92. The summed E-state index contributed by atoms with van der Waals surface area (Å²) in [7, 11) is -3.97. The monoisotopic (exact) mass is 334 g/mol. The Labute approximate surface area is 129 Å². The van der Waals surface area contributed by atoms with Crippen molar-refractivity contribution in [1.82, 2.24) is 4.98 Å². The molecule has 0 aliphatic rings. The highest BCUT2D eigenvalue weighted by Crippen LogP contribution is 2.20. The van der Waals surface area contributed by atoms with Crippen molar-refractivity contribution in [3.8, 4) is 0 Å². The van der Waals surface area contributed by atoms with Crippen molar-refractivity contribution in [3.05, 3.63) is 58.6 Å². The maximum absolute atomic E-state index is 12.3. The van der Waals surface area contributed by atoms with Gasteiger partial charge in [0.05, 0.1) is 21.7 Å². The number of carbonyl (C=O) groups is 1. The number of fused-ring (bicyclic) bond motifs is 1. The number of carboxylic acids is 1. The van der Waals surface area contributed by atoms with Gasteiger partial charge in [-0.1, -0.05) is 6.07 Å². The van der Waals surface area contributed by atoms with E-state index in [0.29, 0.717) is 11.1 Å². The van der Waals surface area contributed by atoms with Gasteiger partial charge in [-0.3, -0.25) is 9.71 Å². The van der Waals surface area contributed by atoms with E-state index in [9.17, 15) is 18.0 Å². The summed E-state index contributed by atoms with van der Waals surface area (Å²) in [5.41, 5.74) is 0.707. The molecule has 3 aromatic rings. The molecule has 0 saturated heterocycles. The molecule has 118 valence electrons. The van der Waals surface area contributed by atoms with E-state index in [4.69, 9.17) is 9.52 Å². The number of aromatic amines is 1. The Morgan fingerprint density at radius 1 is 1.17 bits per heavy atom. The maximum Gasteiger partial charge on any atom is 0.417 e. The molecule has 3 rings (SSSR count). The minimum atomic E-state index is -3.97. The Morgan fingerprint density at radius 2 is 1.96 bits per heavy atom. The third-order valence-corrected chi connectivity index (χ3v) is 4.44. The summed E-state index contributed by atoms with van der Waals surface area (Å²) in [6.07, 6.45) is 0. The highest BCUT2D eigenvalue weighted by atomic mass is 32.2. The van der Waals surface area contributed by atoms with Crippen LogP contribution in [-0.4, -0.2) is 24.5 Å². The van der Waals surface area contributed by atoms with E-state index in [1.165, 1.54) is 36.4 Å². The molecule has 9 heteroatoms. The predicted molar refractivity (Wildman–Crippen MR) is 81.0 cm³/mol. The maximum atomic E-state index is 12.3. The molecule has 0 atom stereocenters. The zero-order valence-electron chi connectivity index (χ0n) is 11.4. The van der Waals surface area contributed by atoms with E-state index in [1.807, 2.05) is 0 Å². The van der Waals surface area contributed by atoms with E-state index in [1.54, 1.807) is 0 Å². The number of H-pyrrole nitrogens is 1. The van der Waals surface area contributed by atoms with Gasteiger partial charge in [-0.2, -0.15) is 0 Å². The van der Waals surface area contributed by atoms with Crippen molar-refractivity contribution in [2.24, 2.45) is 0 Å². The van der Waals surface area contributed by atoms with Crippen LogP contribution < -0.4 is 10.5 Å². The molecule has 0 saturated carbocycles. The van der Waals surface area contributed by atoms with E-state index in [-0.39, 0.29) is 16.1 Å². The van der Waals surface area contributed by atoms with Gasteiger partial charge in [-0.25, -0.2) is 18.0 Å². The highest BCUT2D eigenvalue weighted by Gasteiger charge is 2.16. The van der Waals surface area contributed by atoms with Crippen molar-refractivity contribution in [2.75, 3.05) is 4.72 Å². The minimum Gasteiger partial charge on any atom is -0.478 e. The van der Waals surface area contributed by atoms with Crippen LogP contribution in [0.3, 0.4) is 0 Å². The van der Waals surface area contributed by atoms with Gasteiger partial charge in [0.2, 0.25) is 0 Å². The van der Waals surface area contributed by atoms with Crippen LogP contribution in [0.1, 0.15) is 10.4 Å². The molecule has 0 radical (unpaired) electrons. The van der Waals surface area contributed by atoms with Gasteiger partial charge in [-0.15, -0.1) is 0 Å². The Morgan fingerprint density at radius 3 is 2.70 bits per heavy atom. The number of carboxylic acid groups (broad SMARTS) is 1. The number of anilines is 1. The summed E-state index contributed by atoms with van der Waals surface area (Å²) >= 11 is 0. The quantitative estimate of drug-likeness (QED) is 0.665. The largest absolute Gasteiger partial charge is 0.478 e. The van der Waals surface area contributed by atoms with E-state index < -0.39 is 21.7 Å². The molecule has 3 N–H and O–H groups in total. The normalized spacial score (nSPS) is 11.5. The lowest BCUT2D eigenvalue weighted by molar-refractivity contribution is 0.0696. The number of nitrogens with one attached hydrogen (secondary N) is 2. The lowest BCUT2D eigenvalue weighted by atomic mass is 10.2. The standard InChI is InChI=1S/C14H10N2O6S/c17-13(18)8-2-1-3-10(6-8)23(20,21)16-9-4-5-12-11(7-9)15-14(19)22-12/h1-7,16H,(H,15,19)(H,17,18). The molecule has 0 unspecified atom stereocenters. The number of hydrogen-bond acceptors (Lipinski definition) is 5. The molecule has 0 fully saturated rings. The molecule has 0 spiro atoms. The molecular weight excluding hydrogens is 324 g/mol. The topological polar surface area (TPSA) is 129 Å². The first-order chi connectivity index (χ1) is 10.8. The Bertz CT molecular complexity index is 1060. The minimum absolute atomic E-state index is 0.137. The van der Waals surface area contributed by atoms with E-state index in [2.05, 4.69) is 9.71 Å². The SMILES string of the molecule is O=C(O)c1cccc(S(=O)(=O)Nc2ccc3oc(=O)[nH]c3c2)c1. The van der Waals surface area contributed by atoms with E-state index in [0.717, 1.165) is 6.07 Å². The van der Waals surface area contributed by atoms with Gasteiger partial charge in [0.25, 0.3) is 10.0 Å². The number of benzene rings is 2. The van der Waals surface area contributed by atoms with Gasteiger partial charge in [-0.05, 0) is 36.4 Å². The van der Waals surface area contributed by atoms with Gasteiger partial charge in [0.1, 0.15) is 0 Å². The van der Waals surface area contributed by atoms with Crippen LogP contribution in [0, 0.1) is 0 Å². The third-order valence-electron chi connectivity index (χ3n) is 3.06. The van der Waals surface area contributed by atoms with Crippen molar-refractivity contribution in [1.29, 1.82) is 0 Å². The zero-order chi connectivity index (χ0) is 16.6. The van der Waals surface area contributed by atoms with E-state index >= 15 is 0 Å². The number of aromatic carboxylic acids is 1. The zero-order valence-corrected chi connectivity index (χ0v) is 12.3. The first-order valence-corrected chi connectivity index (χ1v) is 7.82. The fraction of sp³-hybridized carbons (Fsp3) is 0. The molecule has 8 nitrogen and oxygen atoms in total. The molecule has 23 heavy (non-hydrogen) atoms. The van der Waals surface area contributed by atoms with Crippen molar-refractivity contribution in [3.63, 3.8) is 0 Å². The number of oxazole rings is 1. The second-order valence-corrected chi connectivity index (χ2v) is 6.35. The van der Waals surface area contributed by atoms with Gasteiger partial charge in [0, 0.05) is 0 Å². The Kier molecular flexibility index (Phi) is 3.41. The smallest absolute Gasteiger partial charge is 0.417 e. The lowest BCUT2D eigenvalue weighted by Gasteiger charge is -2.08. The summed E-state index contributed by atoms with van der Waals surface area (Å²) < 4.78 is 31.8. The predicted octanol–water partition coefficient (Wildman–Crippen LogP) is 1.62. The third kappa shape index (κ3) is 2.94. The fourth-order valence-corrected chi connectivity index (χ4v) is 3.12. The average molecular weight is 334 g/mol. The number of sulfonamides is 1. The van der Waals surface area contributed by atoms with Crippen LogP contribution in [0.15, 0.2) is 56.6 Å².